The van der Waals surface area contributed by atoms with Gasteiger partial charge in [-0.1, -0.05) is 76.6 Å². The Balaban J connectivity index is 2.30. The molecule has 0 heterocycles. The van der Waals surface area contributed by atoms with Crippen molar-refractivity contribution in [2.45, 2.75) is 103 Å². The molecule has 0 spiro atoms. The lowest BCUT2D eigenvalue weighted by molar-refractivity contribution is -0.135. The molecule has 0 saturated heterocycles. The van der Waals surface area contributed by atoms with Crippen molar-refractivity contribution in [2.75, 3.05) is 19.7 Å². The van der Waals surface area contributed by atoms with Gasteiger partial charge in [-0.25, -0.2) is 0 Å². The number of nitrogens with one attached hydrogen (secondary N) is 7. The van der Waals surface area contributed by atoms with Crippen LogP contribution in [0.2, 0.25) is 0 Å². The average Bonchev–Trinajstić information content (AvgIpc) is 3.23. The van der Waals surface area contributed by atoms with Crippen LogP contribution in [-0.4, -0.2) is 119 Å². The zero-order valence-corrected chi connectivity index (χ0v) is 36.3. The smallest absolute Gasteiger partial charge is 0.245 e. The number of hydrogen-bond donors (Lipinski definition) is 12. The summed E-state index contributed by atoms with van der Waals surface area (Å²) in [6, 6.07) is 6.80. The zero-order valence-electron chi connectivity index (χ0n) is 36.3. The predicted octanol–water partition coefficient (Wildman–Crippen LogP) is -2.54. The van der Waals surface area contributed by atoms with E-state index in [2.05, 4.69) is 42.2 Å². The number of phenols is 1. The molecule has 2 aromatic rings. The molecule has 0 fully saturated rings. The first-order valence-corrected chi connectivity index (χ1v) is 20.6. The number of rotatable bonds is 26. The number of aliphatic hydroxyl groups is 1. The molecule has 2 aromatic carbocycles. The van der Waals surface area contributed by atoms with E-state index in [-0.39, 0.29) is 55.8 Å². The predicted molar refractivity (Wildman–Crippen MR) is 233 cm³/mol. The fourth-order valence-corrected chi connectivity index (χ4v) is 6.19. The third-order valence-corrected chi connectivity index (χ3v) is 9.89. The van der Waals surface area contributed by atoms with Gasteiger partial charge in [0.2, 0.25) is 47.3 Å². The number of primary amides is 1. The molecule has 21 heteroatoms. The molecule has 8 amide bonds. The number of aliphatic hydroxyl groups excluding tert-OH is 1. The minimum Gasteiger partial charge on any atom is -0.508 e. The van der Waals surface area contributed by atoms with Crippen molar-refractivity contribution in [2.24, 2.45) is 34.0 Å². The van der Waals surface area contributed by atoms with E-state index in [1.807, 2.05) is 6.92 Å². The van der Waals surface area contributed by atoms with E-state index in [4.69, 9.17) is 17.2 Å². The van der Waals surface area contributed by atoms with Gasteiger partial charge in [0, 0.05) is 26.3 Å². The first-order valence-electron chi connectivity index (χ1n) is 20.6. The molecule has 0 aliphatic heterocycles. The van der Waals surface area contributed by atoms with E-state index in [1.54, 1.807) is 51.1 Å². The lowest BCUT2D eigenvalue weighted by Crippen LogP contribution is -2.60. The SMILES string of the molecule is CC[C@H](C)[C@H](NC(C)=O)C(=O)N[C@@H](Cc1ccc(O)cc1)C(=O)N[C@@H](CO)C(=O)N[C@@H](Cc1ccccc1)C(=O)NCC(=O)N[C@@H](CCCN=C(N)N)C(=O)N[C@H](C(N)=O)C(C)C. The van der Waals surface area contributed by atoms with Crippen LogP contribution >= 0.6 is 0 Å². The van der Waals surface area contributed by atoms with Gasteiger partial charge in [0.05, 0.1) is 13.2 Å². The molecule has 15 N–H and O–H groups in total. The number of phenolic OH excluding ortho intramolecular Hbond substituents is 1. The number of aliphatic imine (C=N–C) groups is 1. The number of aromatic hydroxyl groups is 1. The standard InChI is InChI=1S/C42H63N11O10/c1-6-24(4)35(48-25(5)55)41(63)51-31(20-27-14-16-28(56)17-15-27)39(61)52-32(22-54)40(62)50-30(19-26-11-8-7-9-12-26)37(59)47-21-33(57)49-29(13-10-18-46-42(44)45)38(60)53-34(23(2)3)36(43)58/h7-9,11-12,14-17,23-24,29-32,34-35,54,56H,6,10,13,18-22H2,1-5H3,(H2,43,58)(H,47,59)(H,48,55)(H,49,57)(H,50,62)(H,51,63)(H,52,61)(H,53,60)(H4,44,45,46)/t24-,29-,30-,31-,32-,34-,35-/m0/s1. The Morgan fingerprint density at radius 2 is 1.19 bits per heavy atom. The average molecular weight is 882 g/mol. The minimum atomic E-state index is -1.64. The number of carbonyl (C=O) groups excluding carboxylic acids is 8. The summed E-state index contributed by atoms with van der Waals surface area (Å²) in [4.78, 5) is 109. The second kappa shape index (κ2) is 26.5. The molecule has 63 heavy (non-hydrogen) atoms. The Kier molecular flexibility index (Phi) is 22.1. The number of guanidine groups is 1. The zero-order chi connectivity index (χ0) is 47.2. The van der Waals surface area contributed by atoms with Crippen molar-refractivity contribution >= 4 is 53.2 Å². The van der Waals surface area contributed by atoms with Crippen LogP contribution in [0.5, 0.6) is 5.75 Å². The molecule has 0 aliphatic carbocycles. The lowest BCUT2D eigenvalue weighted by Gasteiger charge is -2.27. The molecule has 0 aromatic heterocycles. The number of carbonyl (C=O) groups is 8. The Morgan fingerprint density at radius 3 is 1.73 bits per heavy atom. The van der Waals surface area contributed by atoms with Gasteiger partial charge in [0.25, 0.3) is 0 Å². The van der Waals surface area contributed by atoms with E-state index in [0.29, 0.717) is 17.5 Å². The molecule has 0 unspecified atom stereocenters. The van der Waals surface area contributed by atoms with E-state index in [1.165, 1.54) is 31.2 Å². The highest BCUT2D eigenvalue weighted by molar-refractivity contribution is 5.97. The van der Waals surface area contributed by atoms with Crippen LogP contribution in [-0.2, 0) is 51.2 Å². The first kappa shape index (κ1) is 52.4. The molecule has 0 saturated carbocycles. The maximum absolute atomic E-state index is 13.8. The van der Waals surface area contributed by atoms with Gasteiger partial charge in [-0.3, -0.25) is 43.3 Å². The molecule has 7 atom stereocenters. The van der Waals surface area contributed by atoms with Gasteiger partial charge in [-0.05, 0) is 47.9 Å². The highest BCUT2D eigenvalue weighted by atomic mass is 16.3. The van der Waals surface area contributed by atoms with Crippen molar-refractivity contribution in [3.63, 3.8) is 0 Å². The highest BCUT2D eigenvalue weighted by Gasteiger charge is 2.33. The molecule has 346 valence electrons. The summed E-state index contributed by atoms with van der Waals surface area (Å²) in [6.45, 7) is 6.72. The number of nitrogens with two attached hydrogens (primary N) is 3. The van der Waals surface area contributed by atoms with Gasteiger partial charge in [-0.15, -0.1) is 0 Å². The minimum absolute atomic E-state index is 0.0394. The Labute approximate surface area is 366 Å². The molecule has 21 nitrogen and oxygen atoms in total. The largest absolute Gasteiger partial charge is 0.508 e. The van der Waals surface area contributed by atoms with Crippen molar-refractivity contribution in [1.29, 1.82) is 0 Å². The summed E-state index contributed by atoms with van der Waals surface area (Å²) in [6.07, 6.45) is 0.595. The Hall–Kier alpha value is -6.77. The maximum Gasteiger partial charge on any atom is 0.245 e. The van der Waals surface area contributed by atoms with Gasteiger partial charge in [0.1, 0.15) is 42.0 Å². The van der Waals surface area contributed by atoms with Crippen molar-refractivity contribution in [3.8, 4) is 5.75 Å². The number of hydrogen-bond acceptors (Lipinski definition) is 11. The van der Waals surface area contributed by atoms with Crippen LogP contribution in [0.1, 0.15) is 65.0 Å². The van der Waals surface area contributed by atoms with Crippen LogP contribution in [0.3, 0.4) is 0 Å². The topological polar surface area (TPSA) is 352 Å². The summed E-state index contributed by atoms with van der Waals surface area (Å²) >= 11 is 0. The lowest BCUT2D eigenvalue weighted by atomic mass is 9.97. The van der Waals surface area contributed by atoms with Crippen LogP contribution < -0.4 is 54.4 Å². The second-order valence-electron chi connectivity index (χ2n) is 15.4. The van der Waals surface area contributed by atoms with Crippen molar-refractivity contribution in [3.05, 3.63) is 65.7 Å². The molecule has 0 radical (unpaired) electrons. The Morgan fingerprint density at radius 1 is 0.651 bits per heavy atom. The van der Waals surface area contributed by atoms with E-state index in [0.717, 1.165) is 0 Å². The summed E-state index contributed by atoms with van der Waals surface area (Å²) in [5, 5.41) is 37.8. The second-order valence-corrected chi connectivity index (χ2v) is 15.4. The number of nitrogens with zero attached hydrogens (tertiary/aromatic N) is 1. The van der Waals surface area contributed by atoms with Crippen LogP contribution in [0.25, 0.3) is 0 Å². The first-order chi connectivity index (χ1) is 29.7. The third kappa shape index (κ3) is 18.8. The summed E-state index contributed by atoms with van der Waals surface area (Å²) in [5.41, 5.74) is 17.4. The highest BCUT2D eigenvalue weighted by Crippen LogP contribution is 2.14. The Bertz CT molecular complexity index is 1890. The fourth-order valence-electron chi connectivity index (χ4n) is 6.19. The van der Waals surface area contributed by atoms with E-state index in [9.17, 15) is 48.6 Å². The van der Waals surface area contributed by atoms with Crippen LogP contribution in [0, 0.1) is 11.8 Å². The fraction of sp³-hybridized carbons (Fsp3) is 0.500. The van der Waals surface area contributed by atoms with Gasteiger partial charge < -0.3 is 64.6 Å². The molecular weight excluding hydrogens is 819 g/mol. The monoisotopic (exact) mass is 881 g/mol. The normalized spacial score (nSPS) is 14.2. The van der Waals surface area contributed by atoms with Crippen LogP contribution in [0.4, 0.5) is 0 Å². The van der Waals surface area contributed by atoms with E-state index >= 15 is 0 Å². The molecule has 2 rings (SSSR count). The summed E-state index contributed by atoms with van der Waals surface area (Å²) in [7, 11) is 0. The maximum atomic E-state index is 13.8. The molecule has 0 bridgehead atoms. The van der Waals surface area contributed by atoms with Gasteiger partial charge >= 0.3 is 0 Å². The van der Waals surface area contributed by atoms with Crippen molar-refractivity contribution in [1.82, 2.24) is 37.2 Å². The van der Waals surface area contributed by atoms with Crippen molar-refractivity contribution < 1.29 is 48.6 Å². The molecular formula is C42H63N11O10. The van der Waals surface area contributed by atoms with Crippen LogP contribution in [0.15, 0.2) is 59.6 Å². The van der Waals surface area contributed by atoms with Gasteiger partial charge in [-0.2, -0.15) is 0 Å². The molecule has 0 aliphatic rings. The summed E-state index contributed by atoms with van der Waals surface area (Å²) < 4.78 is 0. The summed E-state index contributed by atoms with van der Waals surface area (Å²) in [5.74, 6) is -7.03. The third-order valence-electron chi connectivity index (χ3n) is 9.89. The number of benzene rings is 2. The van der Waals surface area contributed by atoms with Gasteiger partial charge in [0.15, 0.2) is 5.96 Å². The van der Waals surface area contributed by atoms with E-state index < -0.39 is 96.7 Å². The quantitative estimate of drug-likeness (QED) is 0.0264. The number of amides is 8.